The minimum Gasteiger partial charge on any atom is -0.339 e. The van der Waals surface area contributed by atoms with Gasteiger partial charge < -0.3 is 20.0 Å². The van der Waals surface area contributed by atoms with Gasteiger partial charge in [0.2, 0.25) is 11.8 Å². The fraction of sp³-hybridized carbons (Fsp3) is 0.762. The van der Waals surface area contributed by atoms with Gasteiger partial charge in [0.25, 0.3) is 0 Å². The summed E-state index contributed by atoms with van der Waals surface area (Å²) in [6, 6.07) is -0.159. The monoisotopic (exact) mass is 405 g/mol. The zero-order chi connectivity index (χ0) is 20.8. The van der Waals surface area contributed by atoms with Crippen LogP contribution in [0.25, 0.3) is 0 Å². The third-order valence-corrected chi connectivity index (χ3v) is 6.53. The molecule has 1 saturated carbocycles. The average molecular weight is 406 g/mol. The van der Waals surface area contributed by atoms with E-state index >= 15 is 0 Å². The molecular formula is C21H35N5O3. The Balaban J connectivity index is 1.61. The largest absolute Gasteiger partial charge is 0.339 e. The van der Waals surface area contributed by atoms with Gasteiger partial charge in [-0.15, -0.1) is 6.58 Å². The summed E-state index contributed by atoms with van der Waals surface area (Å²) in [5, 5.41) is 2.83. The van der Waals surface area contributed by atoms with Crippen LogP contribution in [0.15, 0.2) is 12.7 Å². The van der Waals surface area contributed by atoms with Gasteiger partial charge in [-0.25, -0.2) is 4.79 Å². The SMILES string of the molecule is C=CCNC(=O)N1CCN([C@H](C(=O)N2CCN(C(C)=O)CC2)C2CCCC2)CC1. The van der Waals surface area contributed by atoms with Crippen LogP contribution in [0, 0.1) is 5.92 Å². The summed E-state index contributed by atoms with van der Waals surface area (Å²) in [6.45, 7) is 10.9. The molecular weight excluding hydrogens is 370 g/mol. The van der Waals surface area contributed by atoms with Gasteiger partial charge in [0, 0.05) is 65.8 Å². The van der Waals surface area contributed by atoms with Gasteiger partial charge in [-0.05, 0) is 18.8 Å². The van der Waals surface area contributed by atoms with Crippen molar-refractivity contribution in [3.63, 3.8) is 0 Å². The molecule has 2 saturated heterocycles. The predicted octanol–water partition coefficient (Wildman–Crippen LogP) is 0.749. The average Bonchev–Trinajstić information content (AvgIpc) is 3.27. The molecule has 2 heterocycles. The molecule has 4 amide bonds. The Morgan fingerprint density at radius 1 is 0.931 bits per heavy atom. The smallest absolute Gasteiger partial charge is 0.317 e. The summed E-state index contributed by atoms with van der Waals surface area (Å²) in [5.74, 6) is 0.689. The summed E-state index contributed by atoms with van der Waals surface area (Å²) in [5.41, 5.74) is 0. The number of rotatable bonds is 5. The van der Waals surface area contributed by atoms with Crippen LogP contribution in [0.1, 0.15) is 32.6 Å². The van der Waals surface area contributed by atoms with Crippen molar-refractivity contribution >= 4 is 17.8 Å². The molecule has 1 aliphatic carbocycles. The molecule has 0 bridgehead atoms. The third kappa shape index (κ3) is 5.29. The molecule has 0 aromatic rings. The topological polar surface area (TPSA) is 76.2 Å². The maximum Gasteiger partial charge on any atom is 0.317 e. The highest BCUT2D eigenvalue weighted by molar-refractivity contribution is 5.83. The van der Waals surface area contributed by atoms with Gasteiger partial charge in [0.1, 0.15) is 0 Å². The maximum absolute atomic E-state index is 13.5. The number of hydrogen-bond acceptors (Lipinski definition) is 4. The predicted molar refractivity (Wildman–Crippen MR) is 111 cm³/mol. The first-order valence-electron chi connectivity index (χ1n) is 10.9. The molecule has 0 spiro atoms. The van der Waals surface area contributed by atoms with Crippen molar-refractivity contribution in [1.29, 1.82) is 0 Å². The van der Waals surface area contributed by atoms with E-state index in [1.165, 1.54) is 12.8 Å². The fourth-order valence-corrected chi connectivity index (χ4v) is 4.83. The summed E-state index contributed by atoms with van der Waals surface area (Å²) < 4.78 is 0. The van der Waals surface area contributed by atoms with Gasteiger partial charge in [0.05, 0.1) is 6.04 Å². The molecule has 0 aromatic carbocycles. The van der Waals surface area contributed by atoms with E-state index < -0.39 is 0 Å². The lowest BCUT2D eigenvalue weighted by molar-refractivity contribution is -0.144. The van der Waals surface area contributed by atoms with Crippen LogP contribution >= 0.6 is 0 Å². The lowest BCUT2D eigenvalue weighted by atomic mass is 9.94. The van der Waals surface area contributed by atoms with Gasteiger partial charge in [-0.2, -0.15) is 0 Å². The minimum absolute atomic E-state index is 0.0614. The molecule has 1 N–H and O–H groups in total. The summed E-state index contributed by atoms with van der Waals surface area (Å²) in [6.07, 6.45) is 6.26. The standard InChI is InChI=1S/C21H35N5O3/c1-3-8-22-21(29)26-15-11-24(12-16-26)19(18-6-4-5-7-18)20(28)25-13-9-23(10-14-25)17(2)27/h3,18-19H,1,4-16H2,2H3,(H,22,29)/t19-/m0/s1. The van der Waals surface area contributed by atoms with Crippen molar-refractivity contribution in [3.8, 4) is 0 Å². The van der Waals surface area contributed by atoms with Gasteiger partial charge in [0.15, 0.2) is 0 Å². The normalized spacial score (nSPS) is 22.4. The first kappa shape index (κ1) is 21.6. The number of nitrogens with zero attached hydrogens (tertiary/aromatic N) is 4. The van der Waals surface area contributed by atoms with Crippen molar-refractivity contribution in [2.75, 3.05) is 58.9 Å². The van der Waals surface area contributed by atoms with Crippen molar-refractivity contribution in [3.05, 3.63) is 12.7 Å². The maximum atomic E-state index is 13.5. The molecule has 0 aromatic heterocycles. The number of amides is 4. The van der Waals surface area contributed by atoms with Crippen molar-refractivity contribution < 1.29 is 14.4 Å². The molecule has 29 heavy (non-hydrogen) atoms. The van der Waals surface area contributed by atoms with Crippen LogP contribution in [-0.4, -0.2) is 102 Å². The summed E-state index contributed by atoms with van der Waals surface area (Å²) in [7, 11) is 0. The Morgan fingerprint density at radius 3 is 2.03 bits per heavy atom. The minimum atomic E-state index is -0.0974. The van der Waals surface area contributed by atoms with E-state index in [-0.39, 0.29) is 23.9 Å². The molecule has 8 nitrogen and oxygen atoms in total. The van der Waals surface area contributed by atoms with Crippen LogP contribution < -0.4 is 5.32 Å². The van der Waals surface area contributed by atoms with Crippen molar-refractivity contribution in [1.82, 2.24) is 24.9 Å². The first-order chi connectivity index (χ1) is 14.0. The molecule has 3 aliphatic rings. The molecule has 1 atom stereocenters. The van der Waals surface area contributed by atoms with E-state index in [4.69, 9.17) is 0 Å². The van der Waals surface area contributed by atoms with Crippen LogP contribution in [0.5, 0.6) is 0 Å². The van der Waals surface area contributed by atoms with Crippen molar-refractivity contribution in [2.45, 2.75) is 38.6 Å². The van der Waals surface area contributed by atoms with Crippen LogP contribution in [-0.2, 0) is 9.59 Å². The first-order valence-corrected chi connectivity index (χ1v) is 10.9. The number of hydrogen-bond donors (Lipinski definition) is 1. The van der Waals surface area contributed by atoms with Crippen LogP contribution in [0.2, 0.25) is 0 Å². The van der Waals surface area contributed by atoms with Crippen LogP contribution in [0.3, 0.4) is 0 Å². The molecule has 0 unspecified atom stereocenters. The number of piperazine rings is 2. The highest BCUT2D eigenvalue weighted by Crippen LogP contribution is 2.32. The zero-order valence-electron chi connectivity index (χ0n) is 17.6. The van der Waals surface area contributed by atoms with Crippen LogP contribution in [0.4, 0.5) is 4.79 Å². The number of carbonyl (C=O) groups excluding carboxylic acids is 3. The number of nitrogens with one attached hydrogen (secondary N) is 1. The fourth-order valence-electron chi connectivity index (χ4n) is 4.83. The zero-order valence-corrected chi connectivity index (χ0v) is 17.6. The quantitative estimate of drug-likeness (QED) is 0.685. The Bertz CT molecular complexity index is 603. The molecule has 162 valence electrons. The summed E-state index contributed by atoms with van der Waals surface area (Å²) >= 11 is 0. The van der Waals surface area contributed by atoms with Crippen molar-refractivity contribution in [2.24, 2.45) is 5.92 Å². The van der Waals surface area contributed by atoms with E-state index in [1.807, 2.05) is 14.7 Å². The second kappa shape index (κ2) is 10.1. The van der Waals surface area contributed by atoms with Gasteiger partial charge in [-0.3, -0.25) is 14.5 Å². The second-order valence-electron chi connectivity index (χ2n) is 8.32. The highest BCUT2D eigenvalue weighted by Gasteiger charge is 2.40. The Kier molecular flexibility index (Phi) is 7.52. The molecule has 2 aliphatic heterocycles. The molecule has 0 radical (unpaired) electrons. The number of carbonyl (C=O) groups is 3. The van der Waals surface area contributed by atoms with E-state index in [0.29, 0.717) is 51.7 Å². The van der Waals surface area contributed by atoms with E-state index in [1.54, 1.807) is 13.0 Å². The van der Waals surface area contributed by atoms with E-state index in [9.17, 15) is 14.4 Å². The lowest BCUT2D eigenvalue weighted by Gasteiger charge is -2.43. The van der Waals surface area contributed by atoms with E-state index in [2.05, 4.69) is 16.8 Å². The number of urea groups is 1. The Morgan fingerprint density at radius 2 is 1.48 bits per heavy atom. The summed E-state index contributed by atoms with van der Waals surface area (Å²) in [4.78, 5) is 45.2. The molecule has 3 rings (SSSR count). The third-order valence-electron chi connectivity index (χ3n) is 6.53. The second-order valence-corrected chi connectivity index (χ2v) is 8.32. The Labute approximate surface area is 173 Å². The van der Waals surface area contributed by atoms with Gasteiger partial charge >= 0.3 is 6.03 Å². The lowest BCUT2D eigenvalue weighted by Crippen LogP contribution is -2.61. The molecule has 3 fully saturated rings. The van der Waals surface area contributed by atoms with E-state index in [0.717, 1.165) is 25.9 Å². The Hall–Kier alpha value is -2.09. The van der Waals surface area contributed by atoms with Gasteiger partial charge in [-0.1, -0.05) is 18.9 Å². The highest BCUT2D eigenvalue weighted by atomic mass is 16.2. The molecule has 8 heteroatoms.